The molecule has 72 valence electrons. The van der Waals surface area contributed by atoms with E-state index < -0.39 is 0 Å². The minimum absolute atomic E-state index is 0.0457. The number of rotatable bonds is 0. The van der Waals surface area contributed by atoms with E-state index in [0.29, 0.717) is 0 Å². The number of thioether (sulfide) groups is 1. The fourth-order valence-electron chi connectivity index (χ4n) is 1.84. The average Bonchev–Trinajstić information content (AvgIpc) is 2.67. The molecule has 1 aromatic heterocycles. The Kier molecular flexibility index (Phi) is 1.90. The molecule has 0 bridgehead atoms. The fraction of sp³-hybridized carbons (Fsp3) is 0.167. The molecule has 0 amide bonds. The number of nitriles is 1. The van der Waals surface area contributed by atoms with E-state index in [-0.39, 0.29) is 5.25 Å². The number of para-hydroxylation sites is 1. The van der Waals surface area contributed by atoms with Gasteiger partial charge in [0.1, 0.15) is 10.3 Å². The van der Waals surface area contributed by atoms with E-state index in [1.165, 1.54) is 5.56 Å². The molecule has 0 fully saturated rings. The molecular formula is C12H8N2S. The van der Waals surface area contributed by atoms with Gasteiger partial charge in [0.15, 0.2) is 0 Å². The molecule has 0 saturated heterocycles. The van der Waals surface area contributed by atoms with Gasteiger partial charge in [0.2, 0.25) is 0 Å². The van der Waals surface area contributed by atoms with Gasteiger partial charge in [-0.3, -0.25) is 0 Å². The maximum absolute atomic E-state index is 8.88. The molecule has 1 aliphatic rings. The quantitative estimate of drug-likeness (QED) is 0.673. The van der Waals surface area contributed by atoms with Crippen LogP contribution in [0.25, 0.3) is 10.9 Å². The lowest BCUT2D eigenvalue weighted by molar-refractivity contribution is 1.02. The summed E-state index contributed by atoms with van der Waals surface area (Å²) in [6, 6.07) is 12.5. The highest BCUT2D eigenvalue weighted by molar-refractivity contribution is 8.00. The van der Waals surface area contributed by atoms with Crippen LogP contribution in [0.3, 0.4) is 0 Å². The van der Waals surface area contributed by atoms with E-state index in [0.717, 1.165) is 22.3 Å². The Hall–Kier alpha value is -1.53. The minimum atomic E-state index is 0.0457. The van der Waals surface area contributed by atoms with Crippen molar-refractivity contribution in [2.75, 3.05) is 0 Å². The van der Waals surface area contributed by atoms with Crippen molar-refractivity contribution in [3.63, 3.8) is 0 Å². The van der Waals surface area contributed by atoms with Gasteiger partial charge in [-0.2, -0.15) is 5.26 Å². The van der Waals surface area contributed by atoms with E-state index in [2.05, 4.69) is 23.2 Å². The van der Waals surface area contributed by atoms with Crippen molar-refractivity contribution in [3.05, 3.63) is 35.9 Å². The van der Waals surface area contributed by atoms with Gasteiger partial charge in [0.05, 0.1) is 11.6 Å². The molecule has 0 spiro atoms. The van der Waals surface area contributed by atoms with Crippen LogP contribution >= 0.6 is 11.8 Å². The molecule has 1 unspecified atom stereocenters. The molecular weight excluding hydrogens is 204 g/mol. The first-order valence-corrected chi connectivity index (χ1v) is 5.70. The van der Waals surface area contributed by atoms with Crippen molar-refractivity contribution in [2.45, 2.75) is 16.7 Å². The molecule has 2 heterocycles. The van der Waals surface area contributed by atoms with E-state index in [1.54, 1.807) is 11.8 Å². The summed E-state index contributed by atoms with van der Waals surface area (Å²) in [6.45, 7) is 0. The van der Waals surface area contributed by atoms with Crippen molar-refractivity contribution in [1.29, 1.82) is 5.26 Å². The number of benzene rings is 1. The van der Waals surface area contributed by atoms with Crippen LogP contribution in [0.4, 0.5) is 0 Å². The van der Waals surface area contributed by atoms with Crippen molar-refractivity contribution < 1.29 is 0 Å². The molecule has 3 rings (SSSR count). The summed E-state index contributed by atoms with van der Waals surface area (Å²) < 4.78 is 0. The second-order valence-electron chi connectivity index (χ2n) is 3.59. The standard InChI is InChI=1S/C12H8N2S/c13-7-10-6-9-5-8-3-1-2-4-11(8)14-12(9)15-10/h1-5,10H,6H2. The number of aromatic nitrogens is 1. The summed E-state index contributed by atoms with van der Waals surface area (Å²) in [4.78, 5) is 4.57. The Morgan fingerprint density at radius 1 is 1.40 bits per heavy atom. The summed E-state index contributed by atoms with van der Waals surface area (Å²) >= 11 is 1.58. The van der Waals surface area contributed by atoms with Crippen LogP contribution in [-0.2, 0) is 6.42 Å². The smallest absolute Gasteiger partial charge is 0.102 e. The first kappa shape index (κ1) is 8.75. The van der Waals surface area contributed by atoms with Crippen LogP contribution in [0.15, 0.2) is 35.4 Å². The molecule has 0 saturated carbocycles. The minimum Gasteiger partial charge on any atom is -0.241 e. The highest BCUT2D eigenvalue weighted by Crippen LogP contribution is 2.36. The molecule has 0 N–H and O–H groups in total. The lowest BCUT2D eigenvalue weighted by atomic mass is 10.1. The van der Waals surface area contributed by atoms with Gasteiger partial charge >= 0.3 is 0 Å². The Morgan fingerprint density at radius 2 is 2.27 bits per heavy atom. The monoisotopic (exact) mass is 212 g/mol. The zero-order valence-corrected chi connectivity index (χ0v) is 8.79. The van der Waals surface area contributed by atoms with Gasteiger partial charge < -0.3 is 0 Å². The number of nitrogens with zero attached hydrogens (tertiary/aromatic N) is 2. The van der Waals surface area contributed by atoms with E-state index >= 15 is 0 Å². The molecule has 0 aliphatic carbocycles. The van der Waals surface area contributed by atoms with Crippen LogP contribution < -0.4 is 0 Å². The Bertz CT molecular complexity index is 527. The highest BCUT2D eigenvalue weighted by Gasteiger charge is 2.23. The Balaban J connectivity index is 2.19. The van der Waals surface area contributed by atoms with Gasteiger partial charge in [0.25, 0.3) is 0 Å². The van der Waals surface area contributed by atoms with Crippen molar-refractivity contribution >= 4 is 22.7 Å². The predicted molar refractivity (Wildman–Crippen MR) is 60.7 cm³/mol. The summed E-state index contributed by atoms with van der Waals surface area (Å²) in [5.74, 6) is 0. The summed E-state index contributed by atoms with van der Waals surface area (Å²) in [7, 11) is 0. The second-order valence-corrected chi connectivity index (χ2v) is 4.78. The normalized spacial score (nSPS) is 18.7. The SMILES string of the molecule is N#CC1Cc2cc3ccccc3nc2S1. The van der Waals surface area contributed by atoms with E-state index in [1.807, 2.05) is 18.2 Å². The van der Waals surface area contributed by atoms with E-state index in [9.17, 15) is 0 Å². The average molecular weight is 212 g/mol. The third-order valence-electron chi connectivity index (χ3n) is 2.57. The summed E-state index contributed by atoms with van der Waals surface area (Å²) in [5.41, 5.74) is 2.23. The molecule has 2 nitrogen and oxygen atoms in total. The molecule has 0 radical (unpaired) electrons. The van der Waals surface area contributed by atoms with Crippen LogP contribution in [-0.4, -0.2) is 10.2 Å². The zero-order valence-electron chi connectivity index (χ0n) is 7.97. The van der Waals surface area contributed by atoms with E-state index in [4.69, 9.17) is 5.26 Å². The number of hydrogen-bond acceptors (Lipinski definition) is 3. The Morgan fingerprint density at radius 3 is 3.13 bits per heavy atom. The maximum atomic E-state index is 8.88. The van der Waals surface area contributed by atoms with Crippen LogP contribution in [0.1, 0.15) is 5.56 Å². The molecule has 3 heteroatoms. The molecule has 1 aromatic carbocycles. The molecule has 2 aromatic rings. The maximum Gasteiger partial charge on any atom is 0.102 e. The lowest BCUT2D eigenvalue weighted by Crippen LogP contribution is -1.94. The fourth-order valence-corrected chi connectivity index (χ4v) is 2.87. The van der Waals surface area contributed by atoms with Gasteiger partial charge in [-0.1, -0.05) is 30.0 Å². The first-order valence-electron chi connectivity index (χ1n) is 4.82. The van der Waals surface area contributed by atoms with Gasteiger partial charge in [-0.15, -0.1) is 0 Å². The number of fused-ring (bicyclic) bond motifs is 2. The molecule has 15 heavy (non-hydrogen) atoms. The van der Waals surface area contributed by atoms with Gasteiger partial charge in [0, 0.05) is 11.8 Å². The van der Waals surface area contributed by atoms with Gasteiger partial charge in [-0.05, 0) is 17.7 Å². The number of hydrogen-bond donors (Lipinski definition) is 0. The second kappa shape index (κ2) is 3.25. The van der Waals surface area contributed by atoms with Gasteiger partial charge in [-0.25, -0.2) is 4.98 Å². The van der Waals surface area contributed by atoms with Crippen molar-refractivity contribution in [2.24, 2.45) is 0 Å². The zero-order chi connectivity index (χ0) is 10.3. The largest absolute Gasteiger partial charge is 0.241 e. The van der Waals surface area contributed by atoms with Crippen LogP contribution in [0.5, 0.6) is 0 Å². The third kappa shape index (κ3) is 1.38. The summed E-state index contributed by atoms with van der Waals surface area (Å²) in [5, 5.41) is 11.1. The molecule has 1 atom stereocenters. The lowest BCUT2D eigenvalue weighted by Gasteiger charge is -2.00. The van der Waals surface area contributed by atoms with Crippen LogP contribution in [0, 0.1) is 11.3 Å². The first-order chi connectivity index (χ1) is 7.36. The van der Waals surface area contributed by atoms with Crippen molar-refractivity contribution in [3.8, 4) is 6.07 Å². The molecule has 1 aliphatic heterocycles. The third-order valence-corrected chi connectivity index (χ3v) is 3.70. The topological polar surface area (TPSA) is 36.7 Å². The predicted octanol–water partition coefficient (Wildman–Crippen LogP) is 2.78. The van der Waals surface area contributed by atoms with Crippen molar-refractivity contribution in [1.82, 2.24) is 4.98 Å². The van der Waals surface area contributed by atoms with Crippen LogP contribution in [0.2, 0.25) is 0 Å². The highest BCUT2D eigenvalue weighted by atomic mass is 32.2. The summed E-state index contributed by atoms with van der Waals surface area (Å²) in [6.07, 6.45) is 0.828. The Labute approximate surface area is 91.9 Å². The number of pyridine rings is 1.